The maximum Gasteiger partial charge on any atom is 0.401 e. The molecule has 1 unspecified atom stereocenters. The van der Waals surface area contributed by atoms with E-state index in [1.807, 2.05) is 0 Å². The second kappa shape index (κ2) is 13.0. The van der Waals surface area contributed by atoms with Gasteiger partial charge in [-0.05, 0) is 37.8 Å². The smallest absolute Gasteiger partial charge is 0.295 e. The van der Waals surface area contributed by atoms with E-state index in [0.717, 1.165) is 18.8 Å². The maximum absolute atomic E-state index is 12.6. The Kier molecular flexibility index (Phi) is 11.9. The molecule has 1 atom stereocenters. The van der Waals surface area contributed by atoms with Gasteiger partial charge >= 0.3 is 6.18 Å². The Balaban J connectivity index is 2.37. The topological polar surface area (TPSA) is 3.24 Å². The Morgan fingerprint density at radius 3 is 1.76 bits per heavy atom. The normalized spacial score (nSPS) is 18.6. The number of hydrogen-bond donors (Lipinski definition) is 0. The Morgan fingerprint density at radius 1 is 0.800 bits per heavy atom. The lowest BCUT2D eigenvalue weighted by Crippen LogP contribution is -2.41. The molecule has 0 N–H and O–H groups in total. The van der Waals surface area contributed by atoms with Crippen molar-refractivity contribution in [1.82, 2.24) is 4.90 Å². The van der Waals surface area contributed by atoms with E-state index in [9.17, 15) is 13.2 Å². The van der Waals surface area contributed by atoms with Gasteiger partial charge in [-0.15, -0.1) is 0 Å². The molecular weight excluding hydrogens is 323 g/mol. The van der Waals surface area contributed by atoms with Crippen molar-refractivity contribution in [2.24, 2.45) is 11.8 Å². The van der Waals surface area contributed by atoms with Crippen molar-refractivity contribution in [1.29, 1.82) is 0 Å². The molecule has 25 heavy (non-hydrogen) atoms. The molecule has 150 valence electrons. The van der Waals surface area contributed by atoms with Crippen LogP contribution in [0.2, 0.25) is 0 Å². The highest BCUT2D eigenvalue weighted by atomic mass is 19.4. The van der Waals surface area contributed by atoms with Crippen molar-refractivity contribution >= 4 is 0 Å². The molecule has 1 fully saturated rings. The van der Waals surface area contributed by atoms with Crippen LogP contribution in [-0.4, -0.2) is 30.7 Å². The van der Waals surface area contributed by atoms with Gasteiger partial charge in [-0.1, -0.05) is 84.5 Å². The molecule has 0 amide bonds. The zero-order valence-corrected chi connectivity index (χ0v) is 16.5. The molecule has 0 aromatic rings. The van der Waals surface area contributed by atoms with Crippen LogP contribution >= 0.6 is 0 Å². The molecule has 1 saturated heterocycles. The number of unbranched alkanes of at least 4 members (excludes halogenated alkanes) is 7. The van der Waals surface area contributed by atoms with Gasteiger partial charge in [-0.2, -0.15) is 13.2 Å². The minimum Gasteiger partial charge on any atom is -0.295 e. The molecule has 1 aliphatic heterocycles. The summed E-state index contributed by atoms with van der Waals surface area (Å²) in [4.78, 5) is 1.60. The minimum atomic E-state index is -4.05. The van der Waals surface area contributed by atoms with Crippen LogP contribution in [0.1, 0.15) is 97.3 Å². The highest BCUT2D eigenvalue weighted by Crippen LogP contribution is 2.33. The molecule has 1 heterocycles. The lowest BCUT2D eigenvalue weighted by atomic mass is 9.78. The fourth-order valence-corrected chi connectivity index (χ4v) is 4.30. The summed E-state index contributed by atoms with van der Waals surface area (Å²) in [5.74, 6) is 1.39. The Bertz CT molecular complexity index is 309. The van der Waals surface area contributed by atoms with Crippen molar-refractivity contribution in [2.45, 2.75) is 103 Å². The molecule has 0 spiro atoms. The number of alkyl halides is 3. The molecule has 0 aromatic heterocycles. The molecular formula is C21H40F3N. The van der Waals surface area contributed by atoms with Gasteiger partial charge in [0.05, 0.1) is 6.54 Å². The van der Waals surface area contributed by atoms with E-state index >= 15 is 0 Å². The lowest BCUT2D eigenvalue weighted by Gasteiger charge is -2.36. The van der Waals surface area contributed by atoms with Crippen molar-refractivity contribution < 1.29 is 13.2 Å². The summed E-state index contributed by atoms with van der Waals surface area (Å²) in [6.07, 6.45) is 12.2. The fraction of sp³-hybridized carbons (Fsp3) is 1.00. The van der Waals surface area contributed by atoms with Crippen LogP contribution in [-0.2, 0) is 0 Å². The summed E-state index contributed by atoms with van der Waals surface area (Å²) in [6.45, 7) is 5.02. The molecule has 1 nitrogen and oxygen atoms in total. The van der Waals surface area contributed by atoms with Crippen LogP contribution in [0.4, 0.5) is 13.2 Å². The monoisotopic (exact) mass is 363 g/mol. The first-order valence-corrected chi connectivity index (χ1v) is 10.7. The first-order chi connectivity index (χ1) is 12.0. The highest BCUT2D eigenvalue weighted by Gasteiger charge is 2.33. The van der Waals surface area contributed by atoms with Crippen LogP contribution in [0.3, 0.4) is 0 Å². The Labute approximate surface area is 153 Å². The first-order valence-electron chi connectivity index (χ1n) is 10.7. The van der Waals surface area contributed by atoms with E-state index in [4.69, 9.17) is 0 Å². The highest BCUT2D eigenvalue weighted by molar-refractivity contribution is 4.79. The summed E-state index contributed by atoms with van der Waals surface area (Å²) in [5.41, 5.74) is 0. The van der Waals surface area contributed by atoms with E-state index in [2.05, 4.69) is 13.8 Å². The number of likely N-dealkylation sites (tertiary alicyclic amines) is 1. The van der Waals surface area contributed by atoms with Crippen LogP contribution in [0.25, 0.3) is 0 Å². The quantitative estimate of drug-likeness (QED) is 0.312. The zero-order chi connectivity index (χ0) is 18.5. The third-order valence-corrected chi connectivity index (χ3v) is 5.81. The molecule has 0 saturated carbocycles. The predicted octanol–water partition coefficient (Wildman–Crippen LogP) is 7.21. The minimum absolute atomic E-state index is 0.630. The average Bonchev–Trinajstić information content (AvgIpc) is 2.56. The van der Waals surface area contributed by atoms with Gasteiger partial charge in [-0.25, -0.2) is 0 Å². The molecule has 1 rings (SSSR count). The van der Waals surface area contributed by atoms with Crippen molar-refractivity contribution in [2.75, 3.05) is 19.6 Å². The third kappa shape index (κ3) is 11.1. The summed E-state index contributed by atoms with van der Waals surface area (Å²) in [6, 6.07) is 0. The number of nitrogens with zero attached hydrogens (tertiary/aromatic N) is 1. The number of halogens is 3. The first kappa shape index (κ1) is 22.8. The van der Waals surface area contributed by atoms with Crippen LogP contribution < -0.4 is 0 Å². The average molecular weight is 364 g/mol. The molecule has 1 aliphatic rings. The molecule has 4 heteroatoms. The van der Waals surface area contributed by atoms with Gasteiger partial charge in [0.2, 0.25) is 0 Å². The van der Waals surface area contributed by atoms with Crippen molar-refractivity contribution in [3.63, 3.8) is 0 Å². The third-order valence-electron chi connectivity index (χ3n) is 5.81. The van der Waals surface area contributed by atoms with Gasteiger partial charge in [0.1, 0.15) is 0 Å². The van der Waals surface area contributed by atoms with E-state index in [1.54, 1.807) is 4.90 Å². The van der Waals surface area contributed by atoms with E-state index in [-0.39, 0.29) is 0 Å². The van der Waals surface area contributed by atoms with Gasteiger partial charge in [0.25, 0.3) is 0 Å². The zero-order valence-electron chi connectivity index (χ0n) is 16.5. The number of piperidine rings is 1. The Hall–Kier alpha value is -0.250. The number of hydrogen-bond acceptors (Lipinski definition) is 1. The summed E-state index contributed by atoms with van der Waals surface area (Å²) < 4.78 is 37.7. The largest absolute Gasteiger partial charge is 0.401 e. The van der Waals surface area contributed by atoms with E-state index < -0.39 is 12.7 Å². The summed E-state index contributed by atoms with van der Waals surface area (Å²) in [5, 5.41) is 0. The van der Waals surface area contributed by atoms with Gasteiger partial charge in [0, 0.05) is 0 Å². The summed E-state index contributed by atoms with van der Waals surface area (Å²) in [7, 11) is 0. The number of rotatable bonds is 13. The lowest BCUT2D eigenvalue weighted by molar-refractivity contribution is -0.149. The van der Waals surface area contributed by atoms with Crippen LogP contribution in [0.5, 0.6) is 0 Å². The molecule has 0 aromatic carbocycles. The Morgan fingerprint density at radius 2 is 1.28 bits per heavy atom. The van der Waals surface area contributed by atoms with Gasteiger partial charge in [0.15, 0.2) is 0 Å². The standard InChI is InChI=1S/C21H40F3N/c1-3-5-7-9-11-13-19(12-10-8-6-4-2)20-14-16-25(17-15-20)18-21(22,23)24/h19-20H,3-18H2,1-2H3. The van der Waals surface area contributed by atoms with Gasteiger partial charge < -0.3 is 0 Å². The predicted molar refractivity (Wildman–Crippen MR) is 101 cm³/mol. The van der Waals surface area contributed by atoms with E-state index in [1.165, 1.54) is 70.6 Å². The maximum atomic E-state index is 12.6. The van der Waals surface area contributed by atoms with Crippen LogP contribution in [0, 0.1) is 11.8 Å². The second-order valence-corrected chi connectivity index (χ2v) is 8.04. The molecule has 0 bridgehead atoms. The fourth-order valence-electron chi connectivity index (χ4n) is 4.30. The van der Waals surface area contributed by atoms with Crippen molar-refractivity contribution in [3.8, 4) is 0 Å². The van der Waals surface area contributed by atoms with Gasteiger partial charge in [-0.3, -0.25) is 4.90 Å². The van der Waals surface area contributed by atoms with Crippen LogP contribution in [0.15, 0.2) is 0 Å². The van der Waals surface area contributed by atoms with Crippen molar-refractivity contribution in [3.05, 3.63) is 0 Å². The van der Waals surface area contributed by atoms with E-state index in [0.29, 0.717) is 19.0 Å². The SMILES string of the molecule is CCCCCCCC(CCCCCC)C1CCN(CC(F)(F)F)CC1. The second-order valence-electron chi connectivity index (χ2n) is 8.04. The molecule has 0 aliphatic carbocycles. The summed E-state index contributed by atoms with van der Waals surface area (Å²) >= 11 is 0. The molecule has 0 radical (unpaired) electrons.